The average molecular weight is 241 g/mol. The highest BCUT2D eigenvalue weighted by Gasteiger charge is 2.38. The van der Waals surface area contributed by atoms with Gasteiger partial charge in [-0.1, -0.05) is 18.9 Å². The molecule has 100 valence electrons. The van der Waals surface area contributed by atoms with E-state index in [9.17, 15) is 0 Å². The average Bonchev–Trinajstić information content (AvgIpc) is 2.39. The van der Waals surface area contributed by atoms with Crippen molar-refractivity contribution >= 4 is 0 Å². The Hall–Kier alpha value is -0.380. The van der Waals surface area contributed by atoms with Crippen LogP contribution in [0.1, 0.15) is 44.9 Å². The van der Waals surface area contributed by atoms with Crippen LogP contribution in [0.15, 0.2) is 12.7 Å². The van der Waals surface area contributed by atoms with E-state index in [1.165, 1.54) is 19.3 Å². The number of hydrogen-bond acceptors (Lipinski definition) is 3. The topological polar surface area (TPSA) is 44.5 Å². The fourth-order valence-electron chi connectivity index (χ4n) is 2.54. The molecule has 0 saturated carbocycles. The van der Waals surface area contributed by atoms with Gasteiger partial charge in [-0.05, 0) is 19.3 Å². The fraction of sp³-hybridized carbons (Fsp3) is 0.857. The largest absolute Gasteiger partial charge is 0.381 e. The zero-order chi connectivity index (χ0) is 12.6. The molecule has 1 atom stereocenters. The highest BCUT2D eigenvalue weighted by Crippen LogP contribution is 2.29. The Bertz CT molecular complexity index is 212. The normalized spacial score (nSPS) is 21.1. The van der Waals surface area contributed by atoms with Gasteiger partial charge in [0.2, 0.25) is 0 Å². The van der Waals surface area contributed by atoms with Crippen molar-refractivity contribution in [2.24, 2.45) is 5.73 Å². The molecular formula is C14H27NO2. The minimum Gasteiger partial charge on any atom is -0.381 e. The number of hydrogen-bond donors (Lipinski definition) is 1. The second kappa shape index (κ2) is 7.85. The van der Waals surface area contributed by atoms with Gasteiger partial charge in [-0.15, -0.1) is 6.58 Å². The first kappa shape index (κ1) is 14.7. The van der Waals surface area contributed by atoms with E-state index in [1.54, 1.807) is 7.11 Å². The van der Waals surface area contributed by atoms with Crippen LogP contribution in [0.3, 0.4) is 0 Å². The van der Waals surface area contributed by atoms with Crippen molar-refractivity contribution in [1.29, 1.82) is 0 Å². The zero-order valence-electron chi connectivity index (χ0n) is 11.1. The maximum atomic E-state index is 6.31. The second-order valence-corrected chi connectivity index (χ2v) is 4.91. The molecule has 0 aromatic carbocycles. The van der Waals surface area contributed by atoms with Crippen LogP contribution >= 0.6 is 0 Å². The Morgan fingerprint density at radius 2 is 2.06 bits per heavy atom. The number of rotatable bonds is 8. The minimum absolute atomic E-state index is 0.139. The third-order valence-corrected chi connectivity index (χ3v) is 3.84. The standard InChI is InChI=1S/C14H27NO2/c1-3-4-5-6-7-8-13(15)14(16-2)9-11-17-12-10-14/h3,13H,1,4-12,15H2,2H3. The molecular weight excluding hydrogens is 214 g/mol. The van der Waals surface area contributed by atoms with Gasteiger partial charge in [-0.25, -0.2) is 0 Å². The lowest BCUT2D eigenvalue weighted by Crippen LogP contribution is -2.52. The van der Waals surface area contributed by atoms with E-state index in [0.717, 1.165) is 38.9 Å². The van der Waals surface area contributed by atoms with Crippen LogP contribution in [0.5, 0.6) is 0 Å². The number of ether oxygens (including phenoxy) is 2. The Kier molecular flexibility index (Phi) is 6.78. The van der Waals surface area contributed by atoms with Crippen molar-refractivity contribution in [3.63, 3.8) is 0 Å². The summed E-state index contributed by atoms with van der Waals surface area (Å²) in [7, 11) is 1.78. The molecule has 1 heterocycles. The van der Waals surface area contributed by atoms with Crippen LogP contribution < -0.4 is 5.73 Å². The molecule has 1 rings (SSSR count). The predicted octanol–water partition coefficient (Wildman–Crippen LogP) is 2.65. The summed E-state index contributed by atoms with van der Waals surface area (Å²) in [5.41, 5.74) is 6.17. The summed E-state index contributed by atoms with van der Waals surface area (Å²) in [4.78, 5) is 0. The number of methoxy groups -OCH3 is 1. The molecule has 1 saturated heterocycles. The molecule has 0 aliphatic carbocycles. The third kappa shape index (κ3) is 4.41. The Morgan fingerprint density at radius 1 is 1.35 bits per heavy atom. The lowest BCUT2D eigenvalue weighted by molar-refractivity contribution is -0.105. The molecule has 1 aliphatic rings. The van der Waals surface area contributed by atoms with Gasteiger partial charge in [0.1, 0.15) is 0 Å². The molecule has 17 heavy (non-hydrogen) atoms. The zero-order valence-corrected chi connectivity index (χ0v) is 11.1. The van der Waals surface area contributed by atoms with E-state index < -0.39 is 0 Å². The van der Waals surface area contributed by atoms with Gasteiger partial charge in [0, 0.05) is 39.2 Å². The highest BCUT2D eigenvalue weighted by molar-refractivity contribution is 4.92. The first-order chi connectivity index (χ1) is 8.25. The number of allylic oxidation sites excluding steroid dienone is 1. The maximum Gasteiger partial charge on any atom is 0.0872 e. The van der Waals surface area contributed by atoms with E-state index in [-0.39, 0.29) is 11.6 Å². The lowest BCUT2D eigenvalue weighted by atomic mass is 9.84. The molecule has 1 unspecified atom stereocenters. The quantitative estimate of drug-likeness (QED) is 0.525. The summed E-state index contributed by atoms with van der Waals surface area (Å²) in [6, 6.07) is 0.139. The van der Waals surface area contributed by atoms with E-state index >= 15 is 0 Å². The number of nitrogens with two attached hydrogens (primary N) is 1. The van der Waals surface area contributed by atoms with Crippen LogP contribution in [0.25, 0.3) is 0 Å². The summed E-state index contributed by atoms with van der Waals surface area (Å²) >= 11 is 0. The third-order valence-electron chi connectivity index (χ3n) is 3.84. The summed E-state index contributed by atoms with van der Waals surface area (Å²) < 4.78 is 11.1. The molecule has 3 heteroatoms. The minimum atomic E-state index is -0.142. The van der Waals surface area contributed by atoms with Gasteiger partial charge in [0.15, 0.2) is 0 Å². The van der Waals surface area contributed by atoms with Crippen molar-refractivity contribution < 1.29 is 9.47 Å². The van der Waals surface area contributed by atoms with Crippen molar-refractivity contribution in [3.8, 4) is 0 Å². The molecule has 0 aromatic rings. The maximum absolute atomic E-state index is 6.31. The van der Waals surface area contributed by atoms with Gasteiger partial charge >= 0.3 is 0 Å². The van der Waals surface area contributed by atoms with Crippen molar-refractivity contribution in [2.75, 3.05) is 20.3 Å². The smallest absolute Gasteiger partial charge is 0.0872 e. The molecule has 0 bridgehead atoms. The molecule has 0 spiro atoms. The Morgan fingerprint density at radius 3 is 2.65 bits per heavy atom. The van der Waals surface area contributed by atoms with Crippen LogP contribution in [-0.2, 0) is 9.47 Å². The van der Waals surface area contributed by atoms with E-state index in [1.807, 2.05) is 6.08 Å². The fourth-order valence-corrected chi connectivity index (χ4v) is 2.54. The highest BCUT2D eigenvalue weighted by atomic mass is 16.5. The summed E-state index contributed by atoms with van der Waals surface area (Å²) in [6.07, 6.45) is 9.63. The van der Waals surface area contributed by atoms with Gasteiger partial charge in [-0.2, -0.15) is 0 Å². The van der Waals surface area contributed by atoms with Crippen LogP contribution in [0, 0.1) is 0 Å². The lowest BCUT2D eigenvalue weighted by Gasteiger charge is -2.40. The second-order valence-electron chi connectivity index (χ2n) is 4.91. The van der Waals surface area contributed by atoms with Gasteiger partial charge < -0.3 is 15.2 Å². The van der Waals surface area contributed by atoms with Crippen molar-refractivity contribution in [2.45, 2.75) is 56.6 Å². The Labute approximate surface area is 105 Å². The first-order valence-electron chi connectivity index (χ1n) is 6.74. The molecule has 0 radical (unpaired) electrons. The monoisotopic (exact) mass is 241 g/mol. The van der Waals surface area contributed by atoms with Crippen molar-refractivity contribution in [3.05, 3.63) is 12.7 Å². The van der Waals surface area contributed by atoms with E-state index in [2.05, 4.69) is 6.58 Å². The molecule has 0 aromatic heterocycles. The number of unbranched alkanes of at least 4 members (excludes halogenated alkanes) is 3. The first-order valence-corrected chi connectivity index (χ1v) is 6.74. The van der Waals surface area contributed by atoms with Gasteiger partial charge in [0.05, 0.1) is 5.60 Å². The van der Waals surface area contributed by atoms with Crippen LogP contribution in [-0.4, -0.2) is 32.0 Å². The van der Waals surface area contributed by atoms with E-state index in [4.69, 9.17) is 15.2 Å². The van der Waals surface area contributed by atoms with Crippen LogP contribution in [0.2, 0.25) is 0 Å². The summed E-state index contributed by atoms with van der Waals surface area (Å²) in [5, 5.41) is 0. The van der Waals surface area contributed by atoms with Crippen molar-refractivity contribution in [1.82, 2.24) is 0 Å². The summed E-state index contributed by atoms with van der Waals surface area (Å²) in [5.74, 6) is 0. The van der Waals surface area contributed by atoms with E-state index in [0.29, 0.717) is 0 Å². The van der Waals surface area contributed by atoms with Gasteiger partial charge in [0.25, 0.3) is 0 Å². The molecule has 3 nitrogen and oxygen atoms in total. The Balaban J connectivity index is 2.28. The molecule has 1 fully saturated rings. The van der Waals surface area contributed by atoms with Gasteiger partial charge in [-0.3, -0.25) is 0 Å². The summed E-state index contributed by atoms with van der Waals surface area (Å²) in [6.45, 7) is 5.28. The predicted molar refractivity (Wildman–Crippen MR) is 71.1 cm³/mol. The molecule has 1 aliphatic heterocycles. The van der Waals surface area contributed by atoms with Crippen LogP contribution in [0.4, 0.5) is 0 Å². The molecule has 2 N–H and O–H groups in total. The molecule has 0 amide bonds. The SMILES string of the molecule is C=CCCCCCC(N)C1(OC)CCOCC1.